The summed E-state index contributed by atoms with van der Waals surface area (Å²) in [6.07, 6.45) is 3.62. The zero-order chi connectivity index (χ0) is 10.1. The van der Waals surface area contributed by atoms with Gasteiger partial charge in [0.05, 0.1) is 6.61 Å². The molecule has 0 aromatic carbocycles. The Hall–Kier alpha value is -0.0500. The first-order valence-corrected chi connectivity index (χ1v) is 5.25. The lowest BCUT2D eigenvalue weighted by Gasteiger charge is -2.20. The van der Waals surface area contributed by atoms with Crippen molar-refractivity contribution >= 4 is 11.6 Å². The highest BCUT2D eigenvalue weighted by Gasteiger charge is 2.03. The summed E-state index contributed by atoms with van der Waals surface area (Å²) in [7, 11) is 0. The van der Waals surface area contributed by atoms with Crippen LogP contribution in [0.3, 0.4) is 0 Å². The summed E-state index contributed by atoms with van der Waals surface area (Å²) < 4.78 is 0. The third kappa shape index (κ3) is 8.28. The molecular weight excluding hydrogens is 186 g/mol. The summed E-state index contributed by atoms with van der Waals surface area (Å²) in [6, 6.07) is 0. The van der Waals surface area contributed by atoms with Gasteiger partial charge in [-0.05, 0) is 13.0 Å². The van der Waals surface area contributed by atoms with Gasteiger partial charge in [-0.1, -0.05) is 37.9 Å². The maximum atomic E-state index is 8.79. The predicted molar refractivity (Wildman–Crippen MR) is 58.0 cm³/mol. The maximum Gasteiger partial charge on any atom is 0.0558 e. The molecular formula is C10H20ClNO. The molecule has 0 aromatic rings. The lowest BCUT2D eigenvalue weighted by Crippen LogP contribution is -2.29. The zero-order valence-electron chi connectivity index (χ0n) is 8.43. The quantitative estimate of drug-likeness (QED) is 0.615. The maximum absolute atomic E-state index is 8.79. The van der Waals surface area contributed by atoms with Crippen molar-refractivity contribution < 1.29 is 5.11 Å². The van der Waals surface area contributed by atoms with Crippen molar-refractivity contribution in [3.63, 3.8) is 0 Å². The zero-order valence-corrected chi connectivity index (χ0v) is 9.19. The number of rotatable bonds is 8. The van der Waals surface area contributed by atoms with E-state index in [-0.39, 0.29) is 6.61 Å². The number of nitrogens with zero attached hydrogens (tertiary/aromatic N) is 1. The van der Waals surface area contributed by atoms with Gasteiger partial charge in [-0.3, -0.25) is 4.90 Å². The number of aliphatic hydroxyl groups is 1. The minimum atomic E-state index is 0.191. The molecule has 0 amide bonds. The van der Waals surface area contributed by atoms with Crippen molar-refractivity contribution in [3.05, 3.63) is 11.6 Å². The second-order valence-electron chi connectivity index (χ2n) is 3.22. The molecule has 0 radical (unpaired) electrons. The number of halogens is 1. The van der Waals surface area contributed by atoms with E-state index in [2.05, 4.69) is 18.4 Å². The van der Waals surface area contributed by atoms with Crippen molar-refractivity contribution in [2.24, 2.45) is 0 Å². The Morgan fingerprint density at radius 1 is 1.38 bits per heavy atom. The van der Waals surface area contributed by atoms with Crippen LogP contribution in [0.5, 0.6) is 0 Å². The molecule has 0 aliphatic heterocycles. The highest BCUT2D eigenvalue weighted by Crippen LogP contribution is 2.03. The van der Waals surface area contributed by atoms with Crippen molar-refractivity contribution in [1.82, 2.24) is 4.90 Å². The van der Waals surface area contributed by atoms with Gasteiger partial charge in [0.2, 0.25) is 0 Å². The van der Waals surface area contributed by atoms with E-state index in [1.54, 1.807) is 0 Å². The molecule has 0 atom stereocenters. The minimum Gasteiger partial charge on any atom is -0.395 e. The second-order valence-corrected chi connectivity index (χ2v) is 3.76. The van der Waals surface area contributed by atoms with Crippen LogP contribution >= 0.6 is 11.6 Å². The van der Waals surface area contributed by atoms with Crippen LogP contribution in [-0.4, -0.2) is 36.2 Å². The van der Waals surface area contributed by atoms with Gasteiger partial charge in [-0.2, -0.15) is 0 Å². The molecule has 2 nitrogen and oxygen atoms in total. The van der Waals surface area contributed by atoms with E-state index in [9.17, 15) is 0 Å². The van der Waals surface area contributed by atoms with Crippen LogP contribution < -0.4 is 0 Å². The van der Waals surface area contributed by atoms with Gasteiger partial charge in [0.1, 0.15) is 0 Å². The van der Waals surface area contributed by atoms with Crippen LogP contribution in [0.25, 0.3) is 0 Å². The Morgan fingerprint density at radius 3 is 2.54 bits per heavy atom. The Morgan fingerprint density at radius 2 is 2.08 bits per heavy atom. The molecule has 13 heavy (non-hydrogen) atoms. The SMILES string of the molecule is C=C(Cl)CN(CCO)CCCCC. The average molecular weight is 206 g/mol. The van der Waals surface area contributed by atoms with Crippen molar-refractivity contribution in [2.75, 3.05) is 26.2 Å². The van der Waals surface area contributed by atoms with Gasteiger partial charge in [-0.15, -0.1) is 0 Å². The van der Waals surface area contributed by atoms with Crippen molar-refractivity contribution in [2.45, 2.75) is 26.2 Å². The first kappa shape index (κ1) is 12.9. The molecule has 1 N–H and O–H groups in total. The highest BCUT2D eigenvalue weighted by molar-refractivity contribution is 6.29. The van der Waals surface area contributed by atoms with Crippen LogP contribution in [0.4, 0.5) is 0 Å². The van der Waals surface area contributed by atoms with Gasteiger partial charge in [0.25, 0.3) is 0 Å². The first-order valence-electron chi connectivity index (χ1n) is 4.87. The van der Waals surface area contributed by atoms with E-state index < -0.39 is 0 Å². The van der Waals surface area contributed by atoms with E-state index >= 15 is 0 Å². The lowest BCUT2D eigenvalue weighted by molar-refractivity contribution is 0.205. The van der Waals surface area contributed by atoms with Gasteiger partial charge in [0, 0.05) is 18.1 Å². The summed E-state index contributed by atoms with van der Waals surface area (Å²) in [6.45, 7) is 8.39. The summed E-state index contributed by atoms with van der Waals surface area (Å²) in [4.78, 5) is 2.13. The number of aliphatic hydroxyl groups excluding tert-OH is 1. The summed E-state index contributed by atoms with van der Waals surface area (Å²) in [5.74, 6) is 0. The van der Waals surface area contributed by atoms with Crippen LogP contribution in [0, 0.1) is 0 Å². The van der Waals surface area contributed by atoms with Gasteiger partial charge >= 0.3 is 0 Å². The number of hydrogen-bond donors (Lipinski definition) is 1. The smallest absolute Gasteiger partial charge is 0.0558 e. The number of hydrogen-bond acceptors (Lipinski definition) is 2. The molecule has 0 aliphatic carbocycles. The van der Waals surface area contributed by atoms with Crippen molar-refractivity contribution in [3.8, 4) is 0 Å². The minimum absolute atomic E-state index is 0.191. The molecule has 0 fully saturated rings. The molecule has 0 bridgehead atoms. The molecule has 0 aliphatic rings. The molecule has 0 unspecified atom stereocenters. The topological polar surface area (TPSA) is 23.5 Å². The Bertz CT molecular complexity index is 139. The highest BCUT2D eigenvalue weighted by atomic mass is 35.5. The van der Waals surface area contributed by atoms with Crippen LogP contribution in [0.2, 0.25) is 0 Å². The summed E-state index contributed by atoms with van der Waals surface area (Å²) >= 11 is 5.70. The molecule has 0 spiro atoms. The van der Waals surface area contributed by atoms with Crippen LogP contribution in [0.15, 0.2) is 11.6 Å². The molecule has 0 aromatic heterocycles. The second kappa shape index (κ2) is 8.54. The standard InChI is InChI=1S/C10H20ClNO/c1-3-4-5-6-12(7-8-13)9-10(2)11/h13H,2-9H2,1H3. The molecule has 0 saturated carbocycles. The fourth-order valence-corrected chi connectivity index (χ4v) is 1.41. The third-order valence-corrected chi connectivity index (χ3v) is 2.01. The number of unbranched alkanes of at least 4 members (excludes halogenated alkanes) is 2. The van der Waals surface area contributed by atoms with Crippen LogP contribution in [-0.2, 0) is 0 Å². The van der Waals surface area contributed by atoms with E-state index in [0.29, 0.717) is 18.1 Å². The monoisotopic (exact) mass is 205 g/mol. The van der Waals surface area contributed by atoms with E-state index in [1.807, 2.05) is 0 Å². The normalized spacial score (nSPS) is 10.8. The van der Waals surface area contributed by atoms with E-state index in [1.165, 1.54) is 19.3 Å². The van der Waals surface area contributed by atoms with Gasteiger partial charge < -0.3 is 5.11 Å². The summed E-state index contributed by atoms with van der Waals surface area (Å²) in [5.41, 5.74) is 0. The predicted octanol–water partition coefficient (Wildman–Crippen LogP) is 2.22. The lowest BCUT2D eigenvalue weighted by atomic mass is 10.2. The Labute approximate surface area is 86.2 Å². The fraction of sp³-hybridized carbons (Fsp3) is 0.800. The average Bonchev–Trinajstić information content (AvgIpc) is 2.04. The first-order chi connectivity index (χ1) is 6.20. The third-order valence-electron chi connectivity index (χ3n) is 1.89. The molecule has 3 heteroatoms. The Balaban J connectivity index is 3.59. The largest absolute Gasteiger partial charge is 0.395 e. The van der Waals surface area contributed by atoms with E-state index in [0.717, 1.165) is 6.54 Å². The Kier molecular flexibility index (Phi) is 8.51. The molecule has 0 heterocycles. The molecule has 0 rings (SSSR count). The van der Waals surface area contributed by atoms with E-state index in [4.69, 9.17) is 16.7 Å². The summed E-state index contributed by atoms with van der Waals surface area (Å²) in [5, 5.41) is 9.44. The molecule has 78 valence electrons. The van der Waals surface area contributed by atoms with Gasteiger partial charge in [0.15, 0.2) is 0 Å². The van der Waals surface area contributed by atoms with Crippen LogP contribution in [0.1, 0.15) is 26.2 Å². The van der Waals surface area contributed by atoms with Crippen molar-refractivity contribution in [1.29, 1.82) is 0 Å². The fourth-order valence-electron chi connectivity index (χ4n) is 1.24. The molecule has 0 saturated heterocycles. The van der Waals surface area contributed by atoms with Gasteiger partial charge in [-0.25, -0.2) is 0 Å².